The van der Waals surface area contributed by atoms with Crippen LogP contribution in [0.25, 0.3) is 0 Å². The average molecular weight is 233 g/mol. The first-order chi connectivity index (χ1) is 7.71. The minimum absolute atomic E-state index is 0.00134. The van der Waals surface area contributed by atoms with E-state index < -0.39 is 6.41 Å². The fourth-order valence-electron chi connectivity index (χ4n) is 1.78. The molecule has 0 aromatic carbocycles. The third-order valence-electron chi connectivity index (χ3n) is 2.65. The van der Waals surface area contributed by atoms with Crippen LogP contribution >= 0.6 is 0 Å². The first-order valence-corrected chi connectivity index (χ1v) is 6.37. The van der Waals surface area contributed by atoms with Gasteiger partial charge in [0.05, 0.1) is 6.61 Å². The lowest BCUT2D eigenvalue weighted by Gasteiger charge is -2.33. The molecule has 0 aliphatic carbocycles. The molecule has 0 aromatic heterocycles. The predicted molar refractivity (Wildman–Crippen MR) is 65.0 cm³/mol. The van der Waals surface area contributed by atoms with Crippen molar-refractivity contribution in [3.05, 3.63) is 0 Å². The molecule has 2 N–H and O–H groups in total. The standard InChI is InChI=1S/C12H27NO3/c1-4-7-8-11(10-14)13(9-5-2)12(15)16-6-3/h11-12,14-15H,4-10H2,1-3H3/t11?,12-/m1/s1. The van der Waals surface area contributed by atoms with Crippen molar-refractivity contribution in [3.63, 3.8) is 0 Å². The van der Waals surface area contributed by atoms with Crippen LogP contribution in [0.5, 0.6) is 0 Å². The van der Waals surface area contributed by atoms with Gasteiger partial charge in [0, 0.05) is 19.2 Å². The highest BCUT2D eigenvalue weighted by Gasteiger charge is 2.23. The molecular weight excluding hydrogens is 206 g/mol. The number of nitrogens with zero attached hydrogens (tertiary/aromatic N) is 1. The molecule has 0 amide bonds. The fraction of sp³-hybridized carbons (Fsp3) is 1.00. The van der Waals surface area contributed by atoms with Crippen molar-refractivity contribution in [2.45, 2.75) is 58.9 Å². The van der Waals surface area contributed by atoms with Crippen LogP contribution in [0.4, 0.5) is 0 Å². The highest BCUT2D eigenvalue weighted by atomic mass is 16.6. The lowest BCUT2D eigenvalue weighted by atomic mass is 10.1. The Morgan fingerprint density at radius 1 is 1.19 bits per heavy atom. The van der Waals surface area contributed by atoms with E-state index in [9.17, 15) is 10.2 Å². The van der Waals surface area contributed by atoms with Crippen molar-refractivity contribution in [3.8, 4) is 0 Å². The van der Waals surface area contributed by atoms with Gasteiger partial charge in [0.25, 0.3) is 0 Å². The van der Waals surface area contributed by atoms with Crippen LogP contribution in [0, 0.1) is 0 Å². The molecule has 0 saturated heterocycles. The lowest BCUT2D eigenvalue weighted by molar-refractivity contribution is -0.207. The Hall–Kier alpha value is -0.160. The molecule has 0 heterocycles. The summed E-state index contributed by atoms with van der Waals surface area (Å²) in [6.07, 6.45) is 3.11. The van der Waals surface area contributed by atoms with Gasteiger partial charge in [-0.3, -0.25) is 4.90 Å². The highest BCUT2D eigenvalue weighted by Crippen LogP contribution is 2.12. The van der Waals surface area contributed by atoms with Crippen LogP contribution in [0.1, 0.15) is 46.5 Å². The van der Waals surface area contributed by atoms with Gasteiger partial charge in [-0.15, -0.1) is 0 Å². The Bertz CT molecular complexity index is 155. The number of aliphatic hydroxyl groups excluding tert-OH is 2. The molecule has 0 aliphatic heterocycles. The van der Waals surface area contributed by atoms with E-state index in [1.807, 2.05) is 11.8 Å². The predicted octanol–water partition coefficient (Wildman–Crippen LogP) is 1.56. The first kappa shape index (κ1) is 15.8. The van der Waals surface area contributed by atoms with Crippen molar-refractivity contribution in [1.82, 2.24) is 4.90 Å². The average Bonchev–Trinajstić information content (AvgIpc) is 2.28. The summed E-state index contributed by atoms with van der Waals surface area (Å²) in [5, 5.41) is 19.2. The first-order valence-electron chi connectivity index (χ1n) is 6.37. The van der Waals surface area contributed by atoms with Gasteiger partial charge < -0.3 is 14.9 Å². The molecule has 0 aromatic rings. The van der Waals surface area contributed by atoms with Crippen molar-refractivity contribution in [2.75, 3.05) is 19.8 Å². The fourth-order valence-corrected chi connectivity index (χ4v) is 1.78. The Morgan fingerprint density at radius 2 is 1.88 bits per heavy atom. The molecule has 16 heavy (non-hydrogen) atoms. The second-order valence-corrected chi connectivity index (χ2v) is 4.00. The van der Waals surface area contributed by atoms with Crippen molar-refractivity contribution in [2.24, 2.45) is 0 Å². The number of hydrogen-bond acceptors (Lipinski definition) is 4. The van der Waals surface area contributed by atoms with E-state index in [-0.39, 0.29) is 12.6 Å². The number of unbranched alkanes of at least 4 members (excludes halogenated alkanes) is 1. The molecule has 0 saturated carbocycles. The highest BCUT2D eigenvalue weighted by molar-refractivity contribution is 4.70. The molecule has 0 spiro atoms. The van der Waals surface area contributed by atoms with Gasteiger partial charge in [0.1, 0.15) is 0 Å². The second kappa shape index (κ2) is 10.0. The molecule has 0 fully saturated rings. The molecule has 0 bridgehead atoms. The van der Waals surface area contributed by atoms with E-state index >= 15 is 0 Å². The Labute approximate surface area is 99.2 Å². The molecule has 1 unspecified atom stereocenters. The Balaban J connectivity index is 4.31. The zero-order chi connectivity index (χ0) is 12.4. The van der Waals surface area contributed by atoms with Gasteiger partial charge in [0.15, 0.2) is 0 Å². The van der Waals surface area contributed by atoms with E-state index in [0.717, 1.165) is 32.2 Å². The zero-order valence-corrected chi connectivity index (χ0v) is 10.9. The normalized spacial score (nSPS) is 15.4. The van der Waals surface area contributed by atoms with Gasteiger partial charge in [-0.1, -0.05) is 26.7 Å². The summed E-state index contributed by atoms with van der Waals surface area (Å²) in [7, 11) is 0. The SMILES string of the molecule is CCCCC(CO)N(CCC)[C@H](O)OCC. The van der Waals surface area contributed by atoms with Gasteiger partial charge >= 0.3 is 0 Å². The topological polar surface area (TPSA) is 52.9 Å². The summed E-state index contributed by atoms with van der Waals surface area (Å²) < 4.78 is 5.19. The smallest absolute Gasteiger partial charge is 0.216 e. The quantitative estimate of drug-likeness (QED) is 0.562. The lowest BCUT2D eigenvalue weighted by Crippen LogP contribution is -2.46. The molecule has 0 radical (unpaired) electrons. The molecular formula is C12H27NO3. The Morgan fingerprint density at radius 3 is 2.31 bits per heavy atom. The minimum atomic E-state index is -0.890. The second-order valence-electron chi connectivity index (χ2n) is 4.00. The molecule has 0 rings (SSSR count). The summed E-state index contributed by atoms with van der Waals surface area (Å²) in [6, 6.07) is 0.00134. The van der Waals surface area contributed by atoms with Crippen LogP contribution in [0.2, 0.25) is 0 Å². The minimum Gasteiger partial charge on any atom is -0.395 e. The van der Waals surface area contributed by atoms with Gasteiger partial charge in [-0.25, -0.2) is 0 Å². The van der Waals surface area contributed by atoms with Crippen LogP contribution in [0.15, 0.2) is 0 Å². The van der Waals surface area contributed by atoms with Gasteiger partial charge in [-0.2, -0.15) is 0 Å². The molecule has 4 heteroatoms. The van der Waals surface area contributed by atoms with E-state index in [4.69, 9.17) is 4.74 Å². The summed E-state index contributed by atoms with van der Waals surface area (Å²) in [4.78, 5) is 1.85. The number of rotatable bonds is 10. The third kappa shape index (κ3) is 5.80. The van der Waals surface area contributed by atoms with Crippen LogP contribution < -0.4 is 0 Å². The molecule has 4 nitrogen and oxygen atoms in total. The summed E-state index contributed by atoms with van der Waals surface area (Å²) in [6.45, 7) is 7.33. The third-order valence-corrected chi connectivity index (χ3v) is 2.65. The summed E-state index contributed by atoms with van der Waals surface area (Å²) in [5.74, 6) is 0. The maximum Gasteiger partial charge on any atom is 0.216 e. The van der Waals surface area contributed by atoms with Crippen LogP contribution in [-0.2, 0) is 4.74 Å². The van der Waals surface area contributed by atoms with Crippen LogP contribution in [0.3, 0.4) is 0 Å². The maximum absolute atomic E-state index is 9.83. The van der Waals surface area contributed by atoms with Gasteiger partial charge in [0.2, 0.25) is 6.41 Å². The number of aliphatic hydroxyl groups is 2. The largest absolute Gasteiger partial charge is 0.395 e. The van der Waals surface area contributed by atoms with E-state index in [2.05, 4.69) is 13.8 Å². The van der Waals surface area contributed by atoms with Crippen molar-refractivity contribution >= 4 is 0 Å². The van der Waals surface area contributed by atoms with E-state index in [1.54, 1.807) is 0 Å². The molecule has 2 atom stereocenters. The van der Waals surface area contributed by atoms with Gasteiger partial charge in [-0.05, 0) is 19.8 Å². The Kier molecular flexibility index (Phi) is 9.92. The number of ether oxygens (including phenoxy) is 1. The van der Waals surface area contributed by atoms with Crippen molar-refractivity contribution < 1.29 is 14.9 Å². The van der Waals surface area contributed by atoms with Crippen molar-refractivity contribution in [1.29, 1.82) is 0 Å². The summed E-state index contributed by atoms with van der Waals surface area (Å²) in [5.41, 5.74) is 0. The maximum atomic E-state index is 9.83. The van der Waals surface area contributed by atoms with Crippen LogP contribution in [-0.4, -0.2) is 47.3 Å². The number of hydrogen-bond donors (Lipinski definition) is 2. The summed E-state index contributed by atoms with van der Waals surface area (Å²) >= 11 is 0. The monoisotopic (exact) mass is 233 g/mol. The van der Waals surface area contributed by atoms with E-state index in [1.165, 1.54) is 0 Å². The molecule has 0 aliphatic rings. The molecule has 98 valence electrons. The zero-order valence-electron chi connectivity index (χ0n) is 10.9. The van der Waals surface area contributed by atoms with E-state index in [0.29, 0.717) is 6.61 Å².